The number of methoxy groups -OCH3 is 1. The topological polar surface area (TPSA) is 60.4 Å². The number of benzene rings is 2. The third kappa shape index (κ3) is 4.74. The molecule has 1 N–H and O–H groups in total. The Hall–Kier alpha value is -3.06. The molecule has 2 aromatic carbocycles. The van der Waals surface area contributed by atoms with Crippen LogP contribution in [0.1, 0.15) is 44.1 Å². The van der Waals surface area contributed by atoms with E-state index in [-0.39, 0.29) is 6.03 Å². The molecule has 1 unspecified atom stereocenters. The molecular formula is C28H37N5O2. The second kappa shape index (κ2) is 9.90. The summed E-state index contributed by atoms with van der Waals surface area (Å²) in [6, 6.07) is 16.8. The first kappa shape index (κ1) is 23.7. The van der Waals surface area contributed by atoms with Crippen molar-refractivity contribution < 1.29 is 9.53 Å². The predicted octanol–water partition coefficient (Wildman–Crippen LogP) is 4.67. The van der Waals surface area contributed by atoms with Crippen LogP contribution in [-0.4, -0.2) is 62.6 Å². The largest absolute Gasteiger partial charge is 0.497 e. The van der Waals surface area contributed by atoms with Crippen LogP contribution in [0.15, 0.2) is 53.5 Å². The maximum absolute atomic E-state index is 13.4. The molecular weight excluding hydrogens is 438 g/mol. The third-order valence-electron chi connectivity index (χ3n) is 7.68. The van der Waals surface area contributed by atoms with Crippen molar-refractivity contribution in [1.29, 1.82) is 0 Å². The number of likely N-dealkylation sites (tertiary alicyclic amines) is 1. The molecule has 7 heteroatoms. The summed E-state index contributed by atoms with van der Waals surface area (Å²) < 4.78 is 5.47. The Labute approximate surface area is 208 Å². The number of carbonyl (C=O) groups is 1. The lowest BCUT2D eigenvalue weighted by Gasteiger charge is -2.34. The Balaban J connectivity index is 1.45. The number of hydrogen-bond donors (Lipinski definition) is 1. The zero-order valence-electron chi connectivity index (χ0n) is 21.2. The van der Waals surface area contributed by atoms with Crippen molar-refractivity contribution in [1.82, 2.24) is 10.2 Å². The first-order valence-corrected chi connectivity index (χ1v) is 12.8. The minimum atomic E-state index is -0.482. The summed E-state index contributed by atoms with van der Waals surface area (Å²) in [7, 11) is 5.78. The van der Waals surface area contributed by atoms with Gasteiger partial charge in [0.1, 0.15) is 17.1 Å². The van der Waals surface area contributed by atoms with Crippen LogP contribution in [0.4, 0.5) is 16.2 Å². The molecule has 1 spiro atoms. The van der Waals surface area contributed by atoms with Gasteiger partial charge in [-0.2, -0.15) is 0 Å². The molecule has 2 heterocycles. The van der Waals surface area contributed by atoms with Crippen LogP contribution in [0.5, 0.6) is 5.75 Å². The molecule has 1 saturated carbocycles. The first-order chi connectivity index (χ1) is 17.0. The standard InChI is InChI=1S/C28H37N5O2/c1-31(2)23-14-12-21(13-15-23)19-32-17-16-28(20-32)26(29-22-8-5-4-6-9-22)30-27(34)33(28)24-10-7-11-25(18-24)35-3/h7,10-15,18,22H,4-6,8-9,16-17,19-20H2,1-3H3,(H,29,30,34). The van der Waals surface area contributed by atoms with E-state index in [9.17, 15) is 4.79 Å². The summed E-state index contributed by atoms with van der Waals surface area (Å²) in [5.74, 6) is 1.60. The van der Waals surface area contributed by atoms with E-state index in [1.165, 1.54) is 30.5 Å². The average Bonchev–Trinajstić information content (AvgIpc) is 3.40. The SMILES string of the molecule is COc1cccc(N2C(=O)NC(=NC3CCCCC3)C23CCN(Cc2ccc(N(C)C)cc2)C3)c1. The number of urea groups is 1. The summed E-state index contributed by atoms with van der Waals surface area (Å²) in [5.41, 5.74) is 2.85. The summed E-state index contributed by atoms with van der Waals surface area (Å²) in [5, 5.41) is 3.19. The molecule has 35 heavy (non-hydrogen) atoms. The molecule has 2 saturated heterocycles. The highest BCUT2D eigenvalue weighted by Crippen LogP contribution is 2.39. The Bertz CT molecular complexity index is 1080. The molecule has 2 aromatic rings. The number of ether oxygens (including phenoxy) is 1. The fourth-order valence-corrected chi connectivity index (χ4v) is 5.77. The number of nitrogens with one attached hydrogen (secondary N) is 1. The number of nitrogens with zero attached hydrogens (tertiary/aromatic N) is 4. The van der Waals surface area contributed by atoms with E-state index in [1.807, 2.05) is 29.2 Å². The molecule has 3 fully saturated rings. The molecule has 5 rings (SSSR count). The van der Waals surface area contributed by atoms with E-state index >= 15 is 0 Å². The highest BCUT2D eigenvalue weighted by Gasteiger charge is 2.55. The van der Waals surface area contributed by atoms with E-state index in [1.54, 1.807) is 7.11 Å². The van der Waals surface area contributed by atoms with Gasteiger partial charge in [0.25, 0.3) is 0 Å². The van der Waals surface area contributed by atoms with Gasteiger partial charge in [-0.1, -0.05) is 37.5 Å². The summed E-state index contributed by atoms with van der Waals surface area (Å²) in [6.45, 7) is 2.52. The van der Waals surface area contributed by atoms with Gasteiger partial charge in [0.05, 0.1) is 18.8 Å². The Morgan fingerprint density at radius 2 is 1.89 bits per heavy atom. The van der Waals surface area contributed by atoms with E-state index in [0.717, 1.165) is 56.2 Å². The van der Waals surface area contributed by atoms with Crippen LogP contribution in [0, 0.1) is 0 Å². The van der Waals surface area contributed by atoms with Crippen LogP contribution in [0.25, 0.3) is 0 Å². The van der Waals surface area contributed by atoms with Crippen molar-refractivity contribution in [3.05, 3.63) is 54.1 Å². The molecule has 2 aliphatic heterocycles. The average molecular weight is 476 g/mol. The zero-order valence-corrected chi connectivity index (χ0v) is 21.2. The molecule has 0 radical (unpaired) electrons. The van der Waals surface area contributed by atoms with Crippen molar-refractivity contribution in [2.45, 2.75) is 56.7 Å². The van der Waals surface area contributed by atoms with Crippen molar-refractivity contribution in [3.63, 3.8) is 0 Å². The molecule has 2 amide bonds. The monoisotopic (exact) mass is 475 g/mol. The molecule has 1 aliphatic carbocycles. The molecule has 0 bridgehead atoms. The summed E-state index contributed by atoms with van der Waals surface area (Å²) >= 11 is 0. The van der Waals surface area contributed by atoms with Crippen molar-refractivity contribution in [2.24, 2.45) is 4.99 Å². The Morgan fingerprint density at radius 1 is 1.11 bits per heavy atom. The number of rotatable bonds is 6. The van der Waals surface area contributed by atoms with Crippen molar-refractivity contribution in [3.8, 4) is 5.75 Å². The van der Waals surface area contributed by atoms with Crippen LogP contribution in [-0.2, 0) is 6.54 Å². The summed E-state index contributed by atoms with van der Waals surface area (Å²) in [6.07, 6.45) is 6.79. The minimum Gasteiger partial charge on any atom is -0.497 e. The fraction of sp³-hybridized carbons (Fsp3) is 0.500. The molecule has 7 nitrogen and oxygen atoms in total. The van der Waals surface area contributed by atoms with E-state index in [0.29, 0.717) is 6.04 Å². The maximum atomic E-state index is 13.4. The maximum Gasteiger partial charge on any atom is 0.328 e. The Kier molecular flexibility index (Phi) is 6.69. The number of anilines is 2. The lowest BCUT2D eigenvalue weighted by Crippen LogP contribution is -2.52. The lowest BCUT2D eigenvalue weighted by molar-refractivity contribution is 0.250. The van der Waals surface area contributed by atoms with Crippen molar-refractivity contribution >= 4 is 23.2 Å². The molecule has 0 aromatic heterocycles. The van der Waals surface area contributed by atoms with E-state index < -0.39 is 5.54 Å². The van der Waals surface area contributed by atoms with Gasteiger partial charge in [0.15, 0.2) is 0 Å². The number of aliphatic imine (C=N–C) groups is 1. The second-order valence-corrected chi connectivity index (χ2v) is 10.3. The minimum absolute atomic E-state index is 0.0926. The highest BCUT2D eigenvalue weighted by atomic mass is 16.5. The number of amidine groups is 1. The van der Waals surface area contributed by atoms with Crippen LogP contribution in [0.3, 0.4) is 0 Å². The number of hydrogen-bond acceptors (Lipinski definition) is 5. The highest BCUT2D eigenvalue weighted by molar-refractivity contribution is 6.19. The summed E-state index contributed by atoms with van der Waals surface area (Å²) in [4.78, 5) is 25.1. The Morgan fingerprint density at radius 3 is 2.60 bits per heavy atom. The second-order valence-electron chi connectivity index (χ2n) is 10.3. The lowest BCUT2D eigenvalue weighted by atomic mass is 9.93. The van der Waals surface area contributed by atoms with Gasteiger partial charge < -0.3 is 9.64 Å². The van der Waals surface area contributed by atoms with E-state index in [4.69, 9.17) is 9.73 Å². The van der Waals surface area contributed by atoms with Gasteiger partial charge >= 0.3 is 6.03 Å². The first-order valence-electron chi connectivity index (χ1n) is 12.8. The normalized spacial score (nSPS) is 24.4. The fourth-order valence-electron chi connectivity index (χ4n) is 5.77. The predicted molar refractivity (Wildman–Crippen MR) is 142 cm³/mol. The van der Waals surface area contributed by atoms with Gasteiger partial charge in [-0.05, 0) is 49.1 Å². The van der Waals surface area contributed by atoms with Gasteiger partial charge in [-0.15, -0.1) is 0 Å². The smallest absolute Gasteiger partial charge is 0.328 e. The molecule has 1 atom stereocenters. The van der Waals surface area contributed by atoms with Gasteiger partial charge in [0.2, 0.25) is 0 Å². The van der Waals surface area contributed by atoms with Crippen LogP contribution >= 0.6 is 0 Å². The van der Waals surface area contributed by atoms with Gasteiger partial charge in [0, 0.05) is 45.5 Å². The van der Waals surface area contributed by atoms with Gasteiger partial charge in [-0.3, -0.25) is 20.1 Å². The molecule has 3 aliphatic rings. The third-order valence-corrected chi connectivity index (χ3v) is 7.68. The van der Waals surface area contributed by atoms with Gasteiger partial charge in [-0.25, -0.2) is 4.79 Å². The van der Waals surface area contributed by atoms with Crippen LogP contribution < -0.4 is 19.9 Å². The molecule has 186 valence electrons. The van der Waals surface area contributed by atoms with E-state index in [2.05, 4.69) is 53.5 Å². The number of amides is 2. The zero-order chi connectivity index (χ0) is 24.4. The quantitative estimate of drug-likeness (QED) is 0.660. The van der Waals surface area contributed by atoms with Crippen molar-refractivity contribution in [2.75, 3.05) is 44.1 Å². The van der Waals surface area contributed by atoms with Crippen LogP contribution in [0.2, 0.25) is 0 Å². The number of carbonyl (C=O) groups excluding carboxylic acids is 1.